The van der Waals surface area contributed by atoms with Crippen molar-refractivity contribution >= 4 is 5.97 Å². The van der Waals surface area contributed by atoms with Gasteiger partial charge in [0.15, 0.2) is 0 Å². The minimum atomic E-state index is -0.833. The second-order valence-electron chi connectivity index (χ2n) is 0.835. The van der Waals surface area contributed by atoms with Crippen molar-refractivity contribution < 1.29 is 20.2 Å². The number of hydrogen-bond donors (Lipinski definition) is 4. The van der Waals surface area contributed by atoms with E-state index in [9.17, 15) is 0 Å². The molecule has 0 fully saturated rings. The Morgan fingerprint density at radius 1 is 1.56 bits per heavy atom. The van der Waals surface area contributed by atoms with Crippen LogP contribution in [0.5, 0.6) is 0 Å². The first-order chi connectivity index (χ1) is 4.15. The van der Waals surface area contributed by atoms with E-state index in [1.54, 1.807) is 6.92 Å². The smallest absolute Gasteiger partial charge is 0.300 e. The third kappa shape index (κ3) is 498. The zero-order valence-corrected chi connectivity index (χ0v) is 5.53. The standard InChI is InChI=1S/C2H4O2.C2H6O.H3NO/c1-2(3)4;1-2-3;1-2/h1H3,(H,3,4);3H,2H2,1H3;2H,1H2. The van der Waals surface area contributed by atoms with Gasteiger partial charge in [0.2, 0.25) is 0 Å². The van der Waals surface area contributed by atoms with Crippen LogP contribution < -0.4 is 5.90 Å². The van der Waals surface area contributed by atoms with E-state index in [1.165, 1.54) is 0 Å². The van der Waals surface area contributed by atoms with Gasteiger partial charge in [-0.05, 0) is 6.92 Å². The Balaban J connectivity index is -0.0000000646. The average molecular weight is 139 g/mol. The van der Waals surface area contributed by atoms with Gasteiger partial charge in [-0.2, -0.15) is 0 Å². The van der Waals surface area contributed by atoms with E-state index < -0.39 is 5.97 Å². The molecule has 0 aliphatic rings. The Morgan fingerprint density at radius 3 is 1.56 bits per heavy atom. The Morgan fingerprint density at radius 2 is 1.56 bits per heavy atom. The summed E-state index contributed by atoms with van der Waals surface area (Å²) in [5, 5.41) is 21.5. The van der Waals surface area contributed by atoms with Crippen molar-refractivity contribution in [3.8, 4) is 0 Å². The summed E-state index contributed by atoms with van der Waals surface area (Å²) in [6, 6.07) is 0. The average Bonchev–Trinajstić information content (AvgIpc) is 1.71. The van der Waals surface area contributed by atoms with E-state index in [1.807, 2.05) is 0 Å². The minimum Gasteiger partial charge on any atom is -0.481 e. The van der Waals surface area contributed by atoms with Crippen LogP contribution in [0.4, 0.5) is 0 Å². The van der Waals surface area contributed by atoms with Crippen molar-refractivity contribution in [2.24, 2.45) is 5.90 Å². The Labute approximate surface area is 53.7 Å². The van der Waals surface area contributed by atoms with Gasteiger partial charge in [-0.15, -0.1) is 0 Å². The van der Waals surface area contributed by atoms with Gasteiger partial charge in [0.05, 0.1) is 0 Å². The van der Waals surface area contributed by atoms with Crippen LogP contribution in [0.1, 0.15) is 13.8 Å². The lowest BCUT2D eigenvalue weighted by Gasteiger charge is -1.59. The van der Waals surface area contributed by atoms with Crippen molar-refractivity contribution in [3.63, 3.8) is 0 Å². The summed E-state index contributed by atoms with van der Waals surface area (Å²) in [6.45, 7) is 3.01. The van der Waals surface area contributed by atoms with Crippen LogP contribution in [-0.2, 0) is 4.79 Å². The fourth-order valence-corrected chi connectivity index (χ4v) is 0. The van der Waals surface area contributed by atoms with Crippen LogP contribution in [0.25, 0.3) is 0 Å². The van der Waals surface area contributed by atoms with Crippen LogP contribution in [0.15, 0.2) is 0 Å². The van der Waals surface area contributed by atoms with Gasteiger partial charge in [-0.25, -0.2) is 5.90 Å². The lowest BCUT2D eigenvalue weighted by atomic mass is 10.9. The fraction of sp³-hybridized carbons (Fsp3) is 0.750. The van der Waals surface area contributed by atoms with E-state index >= 15 is 0 Å². The fourth-order valence-electron chi connectivity index (χ4n) is 0. The topological polar surface area (TPSA) is 104 Å². The third-order valence-electron chi connectivity index (χ3n) is 0. The molecule has 0 atom stereocenters. The second kappa shape index (κ2) is 26.4. The van der Waals surface area contributed by atoms with E-state index in [-0.39, 0.29) is 6.61 Å². The molecule has 5 N–H and O–H groups in total. The van der Waals surface area contributed by atoms with Gasteiger partial charge in [0.25, 0.3) is 5.97 Å². The SMILES string of the molecule is CC(=O)O.CCO.NO. The van der Waals surface area contributed by atoms with Crippen molar-refractivity contribution in [2.45, 2.75) is 13.8 Å². The maximum absolute atomic E-state index is 9.00. The van der Waals surface area contributed by atoms with Gasteiger partial charge in [0, 0.05) is 13.5 Å². The van der Waals surface area contributed by atoms with Crippen molar-refractivity contribution in [3.05, 3.63) is 0 Å². The predicted molar refractivity (Wildman–Crippen MR) is 32.0 cm³/mol. The van der Waals surface area contributed by atoms with E-state index in [4.69, 9.17) is 20.2 Å². The first kappa shape index (κ1) is 15.8. The molecule has 0 aromatic heterocycles. The zero-order valence-electron chi connectivity index (χ0n) is 5.53. The number of aliphatic hydroxyl groups is 1. The highest BCUT2D eigenvalue weighted by Crippen LogP contribution is 1.42. The van der Waals surface area contributed by atoms with Gasteiger partial charge in [0.1, 0.15) is 0 Å². The molecule has 0 spiro atoms. The van der Waals surface area contributed by atoms with Crippen molar-refractivity contribution in [1.29, 1.82) is 0 Å². The number of rotatable bonds is 0. The molecule has 0 unspecified atom stereocenters. The summed E-state index contributed by atoms with van der Waals surface area (Å²) < 4.78 is 0. The van der Waals surface area contributed by atoms with Crippen LogP contribution in [0, 0.1) is 0 Å². The Bertz CT molecular complexity index is 43.8. The molecular weight excluding hydrogens is 126 g/mol. The first-order valence-corrected chi connectivity index (χ1v) is 2.21. The monoisotopic (exact) mass is 139 g/mol. The highest BCUT2D eigenvalue weighted by atomic mass is 16.4. The van der Waals surface area contributed by atoms with E-state index in [0.29, 0.717) is 0 Å². The summed E-state index contributed by atoms with van der Waals surface area (Å²) in [7, 11) is 0. The van der Waals surface area contributed by atoms with Gasteiger partial charge >= 0.3 is 0 Å². The molecule has 0 saturated heterocycles. The van der Waals surface area contributed by atoms with Crippen molar-refractivity contribution in [2.75, 3.05) is 6.61 Å². The summed E-state index contributed by atoms with van der Waals surface area (Å²) in [5.41, 5.74) is 0. The summed E-state index contributed by atoms with van der Waals surface area (Å²) >= 11 is 0. The van der Waals surface area contributed by atoms with Crippen LogP contribution in [0.2, 0.25) is 0 Å². The Kier molecular flexibility index (Phi) is 46.2. The maximum Gasteiger partial charge on any atom is 0.300 e. The molecule has 0 heterocycles. The second-order valence-corrected chi connectivity index (χ2v) is 0.835. The van der Waals surface area contributed by atoms with Crippen molar-refractivity contribution in [1.82, 2.24) is 0 Å². The number of carbonyl (C=O) groups is 1. The molecule has 5 heteroatoms. The number of hydrogen-bond acceptors (Lipinski definition) is 4. The minimum absolute atomic E-state index is 0.250. The molecule has 5 nitrogen and oxygen atoms in total. The highest BCUT2D eigenvalue weighted by molar-refractivity contribution is 5.62. The predicted octanol–water partition coefficient (Wildman–Crippen LogP) is -0.576. The van der Waals surface area contributed by atoms with Crippen LogP contribution in [-0.4, -0.2) is 28.0 Å². The van der Waals surface area contributed by atoms with Gasteiger partial charge < -0.3 is 15.4 Å². The molecule has 0 aromatic rings. The molecule has 0 bridgehead atoms. The van der Waals surface area contributed by atoms with Crippen LogP contribution in [0.3, 0.4) is 0 Å². The number of carboxylic acids is 1. The molecule has 9 heavy (non-hydrogen) atoms. The summed E-state index contributed by atoms with van der Waals surface area (Å²) in [4.78, 5) is 9.00. The molecule has 0 rings (SSSR count). The summed E-state index contributed by atoms with van der Waals surface area (Å²) in [5.74, 6) is 2.67. The van der Waals surface area contributed by atoms with E-state index in [0.717, 1.165) is 6.92 Å². The highest BCUT2D eigenvalue weighted by Gasteiger charge is 1.65. The largest absolute Gasteiger partial charge is 0.481 e. The molecule has 0 saturated carbocycles. The molecule has 0 amide bonds. The number of nitrogens with two attached hydrogens (primary N) is 1. The third-order valence-corrected chi connectivity index (χ3v) is 0. The number of aliphatic hydroxyl groups excluding tert-OH is 1. The maximum atomic E-state index is 9.00. The van der Waals surface area contributed by atoms with Crippen LogP contribution >= 0.6 is 0 Å². The van der Waals surface area contributed by atoms with Gasteiger partial charge in [-0.1, -0.05) is 0 Å². The molecule has 0 aliphatic carbocycles. The van der Waals surface area contributed by atoms with E-state index in [2.05, 4.69) is 5.90 Å². The molecule has 0 aliphatic heterocycles. The summed E-state index contributed by atoms with van der Waals surface area (Å²) in [6.07, 6.45) is 0. The Hall–Kier alpha value is -0.650. The number of aliphatic carboxylic acids is 1. The lowest BCUT2D eigenvalue weighted by Crippen LogP contribution is -1.78. The normalized spacial score (nSPS) is 5.44. The number of carboxylic acid groups (broad SMARTS) is 1. The quantitative estimate of drug-likeness (QED) is 0.336. The lowest BCUT2D eigenvalue weighted by molar-refractivity contribution is -0.134. The van der Waals surface area contributed by atoms with Gasteiger partial charge in [-0.3, -0.25) is 4.79 Å². The molecule has 0 aromatic carbocycles. The molecule has 0 radical (unpaired) electrons. The first-order valence-electron chi connectivity index (χ1n) is 2.21. The molecular formula is C4H13NO4. The zero-order chi connectivity index (χ0) is 8.28. The molecule has 58 valence electrons.